The molecule has 0 radical (unpaired) electrons. The van der Waals surface area contributed by atoms with Crippen LogP contribution in [-0.2, 0) is 0 Å². The molecule has 0 aliphatic rings. The highest BCUT2D eigenvalue weighted by atomic mass is 16.3. The molecule has 236 valence electrons. The molecule has 0 N–H and O–H groups in total. The summed E-state index contributed by atoms with van der Waals surface area (Å²) in [5, 5.41) is 14.6. The van der Waals surface area contributed by atoms with E-state index >= 15 is 0 Å². The van der Waals surface area contributed by atoms with Crippen LogP contribution in [0.5, 0.6) is 0 Å². The largest absolute Gasteiger partial charge is 0.455 e. The molecule has 0 saturated carbocycles. The van der Waals surface area contributed by atoms with Gasteiger partial charge >= 0.3 is 0 Å². The van der Waals surface area contributed by atoms with Crippen LogP contribution in [0, 0.1) is 0 Å². The fourth-order valence-electron chi connectivity index (χ4n) is 8.52. The molecule has 0 saturated heterocycles. The summed E-state index contributed by atoms with van der Waals surface area (Å²) in [6.07, 6.45) is 0. The summed E-state index contributed by atoms with van der Waals surface area (Å²) < 4.78 is 6.56. The third-order valence-electron chi connectivity index (χ3n) is 10.8. The zero-order valence-corrected chi connectivity index (χ0v) is 27.7. The van der Waals surface area contributed by atoms with Gasteiger partial charge in [-0.1, -0.05) is 158 Å². The second kappa shape index (κ2) is 10.9. The number of hydrogen-bond donors (Lipinski definition) is 0. The lowest BCUT2D eigenvalue weighted by Gasteiger charge is -2.19. The highest BCUT2D eigenvalue weighted by molar-refractivity contribution is 6.24. The molecular weight excluding hydrogens is 617 g/mol. The number of benzene rings is 10. The molecular formula is C50H30O. The van der Waals surface area contributed by atoms with Crippen LogP contribution < -0.4 is 0 Å². The number of fused-ring (bicyclic) bond motifs is 9. The molecule has 1 heteroatoms. The first kappa shape index (κ1) is 28.2. The molecule has 0 atom stereocenters. The smallest absolute Gasteiger partial charge is 0.143 e. The maximum Gasteiger partial charge on any atom is 0.143 e. The van der Waals surface area contributed by atoms with Crippen molar-refractivity contribution in [1.82, 2.24) is 0 Å². The van der Waals surface area contributed by atoms with Crippen molar-refractivity contribution in [3.63, 3.8) is 0 Å². The van der Waals surface area contributed by atoms with E-state index in [9.17, 15) is 0 Å². The minimum absolute atomic E-state index is 0.920. The second-order valence-electron chi connectivity index (χ2n) is 13.6. The quantitative estimate of drug-likeness (QED) is 0.174. The predicted molar refractivity (Wildman–Crippen MR) is 218 cm³/mol. The SMILES string of the molecule is c1ccc(-c2c3ccccc3c(-c3ccc(-c4ccc5cc6c(cc5c4)oc4c5ccccc5ccc64)c4ccccc34)c3ccccc23)cc1. The molecule has 0 bridgehead atoms. The number of hydrogen-bond acceptors (Lipinski definition) is 1. The summed E-state index contributed by atoms with van der Waals surface area (Å²) in [6.45, 7) is 0. The Balaban J connectivity index is 1.12. The number of furan rings is 1. The van der Waals surface area contributed by atoms with E-state index in [1.165, 1.54) is 81.9 Å². The Hall–Kier alpha value is -6.70. The van der Waals surface area contributed by atoms with Gasteiger partial charge in [-0.05, 0) is 106 Å². The third-order valence-corrected chi connectivity index (χ3v) is 10.8. The Morgan fingerprint density at radius 2 is 0.843 bits per heavy atom. The summed E-state index contributed by atoms with van der Waals surface area (Å²) in [7, 11) is 0. The van der Waals surface area contributed by atoms with E-state index in [4.69, 9.17) is 4.42 Å². The van der Waals surface area contributed by atoms with Gasteiger partial charge in [0.25, 0.3) is 0 Å². The molecule has 10 aromatic carbocycles. The first-order valence-corrected chi connectivity index (χ1v) is 17.6. The maximum absolute atomic E-state index is 6.56. The van der Waals surface area contributed by atoms with Crippen molar-refractivity contribution in [2.24, 2.45) is 0 Å². The fourth-order valence-corrected chi connectivity index (χ4v) is 8.52. The molecule has 51 heavy (non-hydrogen) atoms. The van der Waals surface area contributed by atoms with E-state index in [-0.39, 0.29) is 0 Å². The maximum atomic E-state index is 6.56. The van der Waals surface area contributed by atoms with Crippen molar-refractivity contribution in [2.45, 2.75) is 0 Å². The van der Waals surface area contributed by atoms with Crippen LogP contribution in [0.2, 0.25) is 0 Å². The molecule has 1 heterocycles. The van der Waals surface area contributed by atoms with Crippen LogP contribution in [0.4, 0.5) is 0 Å². The Labute approximate surface area is 294 Å². The van der Waals surface area contributed by atoms with Gasteiger partial charge in [0.15, 0.2) is 0 Å². The highest BCUT2D eigenvalue weighted by Gasteiger charge is 2.19. The van der Waals surface area contributed by atoms with Crippen molar-refractivity contribution < 1.29 is 4.42 Å². The Bertz CT molecular complexity index is 3130. The van der Waals surface area contributed by atoms with E-state index < -0.39 is 0 Å². The summed E-state index contributed by atoms with van der Waals surface area (Å²) in [5.74, 6) is 0. The Morgan fingerprint density at radius 3 is 1.57 bits per heavy atom. The fraction of sp³-hybridized carbons (Fsp3) is 0. The zero-order valence-electron chi connectivity index (χ0n) is 27.7. The average Bonchev–Trinajstić information content (AvgIpc) is 3.56. The first-order valence-electron chi connectivity index (χ1n) is 17.6. The highest BCUT2D eigenvalue weighted by Crippen LogP contribution is 2.46. The average molecular weight is 647 g/mol. The summed E-state index contributed by atoms with van der Waals surface area (Å²) in [4.78, 5) is 0. The zero-order chi connectivity index (χ0) is 33.5. The van der Waals surface area contributed by atoms with Crippen molar-refractivity contribution in [2.75, 3.05) is 0 Å². The van der Waals surface area contributed by atoms with Gasteiger partial charge in [-0.3, -0.25) is 0 Å². The molecule has 0 aliphatic carbocycles. The van der Waals surface area contributed by atoms with Crippen LogP contribution in [0.3, 0.4) is 0 Å². The molecule has 0 unspecified atom stereocenters. The van der Waals surface area contributed by atoms with E-state index in [2.05, 4.69) is 182 Å². The van der Waals surface area contributed by atoms with Crippen molar-refractivity contribution in [1.29, 1.82) is 0 Å². The molecule has 11 aromatic rings. The standard InChI is InChI=1S/C50H30O/c1-2-13-32(14-3-1)48-40-18-8-10-20-42(40)49(43-21-11-9-19-41(43)48)44-27-26-36(38-16-6-7-17-39(38)44)34-23-22-33-29-46-45-25-24-31-12-4-5-15-37(31)50(45)51-47(46)30-35(33)28-34/h1-30H. The third kappa shape index (κ3) is 4.22. The van der Waals surface area contributed by atoms with Gasteiger partial charge < -0.3 is 4.42 Å². The molecule has 0 amide bonds. The second-order valence-corrected chi connectivity index (χ2v) is 13.6. The van der Waals surface area contributed by atoms with E-state index in [1.54, 1.807) is 0 Å². The van der Waals surface area contributed by atoms with Gasteiger partial charge in [-0.25, -0.2) is 0 Å². The van der Waals surface area contributed by atoms with Gasteiger partial charge in [0, 0.05) is 16.2 Å². The van der Waals surface area contributed by atoms with Crippen LogP contribution >= 0.6 is 0 Å². The summed E-state index contributed by atoms with van der Waals surface area (Å²) in [5.41, 5.74) is 9.35. The molecule has 0 spiro atoms. The Kier molecular flexibility index (Phi) is 6.02. The minimum Gasteiger partial charge on any atom is -0.455 e. The molecule has 1 aromatic heterocycles. The van der Waals surface area contributed by atoms with E-state index in [0.29, 0.717) is 0 Å². The van der Waals surface area contributed by atoms with Crippen LogP contribution in [0.15, 0.2) is 186 Å². The summed E-state index contributed by atoms with van der Waals surface area (Å²) >= 11 is 0. The van der Waals surface area contributed by atoms with Crippen molar-refractivity contribution in [3.05, 3.63) is 182 Å². The lowest BCUT2D eigenvalue weighted by atomic mass is 9.84. The molecule has 0 fully saturated rings. The molecule has 11 rings (SSSR count). The molecule has 1 nitrogen and oxygen atoms in total. The van der Waals surface area contributed by atoms with Gasteiger partial charge in [-0.2, -0.15) is 0 Å². The topological polar surface area (TPSA) is 13.1 Å². The summed E-state index contributed by atoms with van der Waals surface area (Å²) in [6, 6.07) is 66.3. The first-order chi connectivity index (χ1) is 25.3. The monoisotopic (exact) mass is 646 g/mol. The predicted octanol–water partition coefficient (Wildman–Crippen LogP) is 14.4. The number of rotatable bonds is 3. The van der Waals surface area contributed by atoms with Crippen molar-refractivity contribution >= 4 is 75.8 Å². The van der Waals surface area contributed by atoms with E-state index in [1.807, 2.05) is 0 Å². The van der Waals surface area contributed by atoms with Gasteiger partial charge in [-0.15, -0.1) is 0 Å². The van der Waals surface area contributed by atoms with Gasteiger partial charge in [0.2, 0.25) is 0 Å². The van der Waals surface area contributed by atoms with Gasteiger partial charge in [0.1, 0.15) is 11.2 Å². The lowest BCUT2D eigenvalue weighted by molar-refractivity contribution is 0.673. The van der Waals surface area contributed by atoms with E-state index in [0.717, 1.165) is 27.3 Å². The minimum atomic E-state index is 0.920. The van der Waals surface area contributed by atoms with Crippen molar-refractivity contribution in [3.8, 4) is 33.4 Å². The normalized spacial score (nSPS) is 11.9. The van der Waals surface area contributed by atoms with Crippen LogP contribution in [0.25, 0.3) is 109 Å². The van der Waals surface area contributed by atoms with Crippen LogP contribution in [0.1, 0.15) is 0 Å². The van der Waals surface area contributed by atoms with Crippen LogP contribution in [-0.4, -0.2) is 0 Å². The Morgan fingerprint density at radius 1 is 0.275 bits per heavy atom. The lowest BCUT2D eigenvalue weighted by Crippen LogP contribution is -1.92. The van der Waals surface area contributed by atoms with Gasteiger partial charge in [0.05, 0.1) is 0 Å². The molecule has 0 aliphatic heterocycles.